The van der Waals surface area contributed by atoms with E-state index in [1.54, 1.807) is 30.1 Å². The third-order valence-corrected chi connectivity index (χ3v) is 4.61. The molecule has 0 N–H and O–H groups in total. The summed E-state index contributed by atoms with van der Waals surface area (Å²) in [4.78, 5) is 0.349. The zero-order valence-corrected chi connectivity index (χ0v) is 13.2. The molecule has 0 bridgehead atoms. The average molecular weight is 343 g/mol. The highest BCUT2D eigenvalue weighted by Gasteiger charge is 2.30. The van der Waals surface area contributed by atoms with Crippen molar-refractivity contribution < 1.29 is 17.7 Å². The summed E-state index contributed by atoms with van der Waals surface area (Å²) >= 11 is 3.78. The van der Waals surface area contributed by atoms with E-state index in [2.05, 4.69) is 6.58 Å². The summed E-state index contributed by atoms with van der Waals surface area (Å²) in [6, 6.07) is 4.90. The first kappa shape index (κ1) is 16.8. The number of alkyl halides is 3. The zero-order valence-electron chi connectivity index (χ0n) is 11.6. The third kappa shape index (κ3) is 3.43. The van der Waals surface area contributed by atoms with Crippen molar-refractivity contribution in [3.8, 4) is 11.1 Å². The number of hydrogen-bond donors (Lipinski definition) is 0. The maximum absolute atomic E-state index is 12.8. The quantitative estimate of drug-likeness (QED) is 0.597. The predicted molar refractivity (Wildman–Crippen MR) is 83.3 cm³/mol. The lowest BCUT2D eigenvalue weighted by Gasteiger charge is -2.12. The Bertz CT molecular complexity index is 768. The number of aromatic nitrogens is 1. The molecule has 2 nitrogen and oxygen atoms in total. The summed E-state index contributed by atoms with van der Waals surface area (Å²) in [5.74, 6) is 0. The number of halogens is 3. The summed E-state index contributed by atoms with van der Waals surface area (Å²) in [6.07, 6.45) is -1.24. The molecule has 22 heavy (non-hydrogen) atoms. The van der Waals surface area contributed by atoms with Gasteiger partial charge >= 0.3 is 6.18 Å². The van der Waals surface area contributed by atoms with Gasteiger partial charge in [0, 0.05) is 30.0 Å². The van der Waals surface area contributed by atoms with E-state index in [-0.39, 0.29) is 4.51 Å². The minimum atomic E-state index is -4.43. The number of rotatable bonds is 3. The Labute approximate surface area is 134 Å². The highest BCUT2D eigenvalue weighted by atomic mass is 32.2. The van der Waals surface area contributed by atoms with Crippen LogP contribution in [0.25, 0.3) is 11.1 Å². The number of hydrogen-bond acceptors (Lipinski definition) is 2. The van der Waals surface area contributed by atoms with Gasteiger partial charge in [-0.1, -0.05) is 30.9 Å². The summed E-state index contributed by atoms with van der Waals surface area (Å²) in [5, 5.41) is 1.24. The topological polar surface area (TPSA) is 28.0 Å². The molecular formula is C15H12F3NOS2. The summed E-state index contributed by atoms with van der Waals surface area (Å²) < 4.78 is 52.3. The first-order valence-corrected chi connectivity index (χ1v) is 7.77. The Hall–Kier alpha value is -1.57. The van der Waals surface area contributed by atoms with Gasteiger partial charge in [-0.25, -0.2) is 0 Å². The van der Waals surface area contributed by atoms with Crippen molar-refractivity contribution in [3.63, 3.8) is 0 Å². The second-order valence-corrected chi connectivity index (χ2v) is 6.35. The van der Waals surface area contributed by atoms with Crippen LogP contribution < -0.4 is 0 Å². The van der Waals surface area contributed by atoms with Gasteiger partial charge in [0.1, 0.15) is 9.92 Å². The Morgan fingerprint density at radius 1 is 1.32 bits per heavy atom. The Morgan fingerprint density at radius 3 is 2.59 bits per heavy atom. The van der Waals surface area contributed by atoms with Crippen molar-refractivity contribution in [3.05, 3.63) is 58.7 Å². The SMILES string of the molecule is C=C[S+]([O-])c1cn(C)cc(-c2cccc(C(F)(F)F)c2)c1=S. The fourth-order valence-corrected chi connectivity index (χ4v) is 3.19. The van der Waals surface area contributed by atoms with Crippen LogP contribution in [0, 0.1) is 4.51 Å². The fraction of sp³-hybridized carbons (Fsp3) is 0.133. The van der Waals surface area contributed by atoms with Crippen molar-refractivity contribution in [1.82, 2.24) is 4.57 Å². The van der Waals surface area contributed by atoms with Crippen LogP contribution >= 0.6 is 12.2 Å². The smallest absolute Gasteiger partial charge is 0.416 e. The Morgan fingerprint density at radius 2 is 2.00 bits per heavy atom. The molecule has 1 aromatic carbocycles. The fourth-order valence-electron chi connectivity index (χ4n) is 1.98. The number of aryl methyl sites for hydroxylation is 1. The van der Waals surface area contributed by atoms with Crippen LogP contribution in [0.3, 0.4) is 0 Å². The maximum Gasteiger partial charge on any atom is 0.416 e. The predicted octanol–water partition coefficient (Wildman–Crippen LogP) is 4.69. The van der Waals surface area contributed by atoms with E-state index < -0.39 is 22.9 Å². The molecule has 0 radical (unpaired) electrons. The van der Waals surface area contributed by atoms with Gasteiger partial charge in [-0.3, -0.25) is 0 Å². The molecule has 116 valence electrons. The van der Waals surface area contributed by atoms with Crippen LogP contribution in [0.4, 0.5) is 13.2 Å². The van der Waals surface area contributed by atoms with Gasteiger partial charge < -0.3 is 9.12 Å². The van der Waals surface area contributed by atoms with Gasteiger partial charge in [0.25, 0.3) is 0 Å². The van der Waals surface area contributed by atoms with E-state index in [1.165, 1.54) is 11.5 Å². The monoisotopic (exact) mass is 343 g/mol. The molecule has 0 fully saturated rings. The van der Waals surface area contributed by atoms with Gasteiger partial charge in [-0.2, -0.15) is 13.2 Å². The molecule has 1 unspecified atom stereocenters. The van der Waals surface area contributed by atoms with Gasteiger partial charge in [0.2, 0.25) is 0 Å². The van der Waals surface area contributed by atoms with E-state index in [0.717, 1.165) is 12.1 Å². The van der Waals surface area contributed by atoms with E-state index >= 15 is 0 Å². The molecule has 2 aromatic rings. The van der Waals surface area contributed by atoms with Crippen LogP contribution in [0.5, 0.6) is 0 Å². The molecule has 1 atom stereocenters. The number of pyridine rings is 1. The molecule has 1 heterocycles. The number of benzene rings is 1. The summed E-state index contributed by atoms with van der Waals surface area (Å²) in [6.45, 7) is 3.45. The maximum atomic E-state index is 12.8. The van der Waals surface area contributed by atoms with Crippen LogP contribution in [-0.2, 0) is 24.4 Å². The van der Waals surface area contributed by atoms with Crippen molar-refractivity contribution >= 4 is 23.4 Å². The van der Waals surface area contributed by atoms with Crippen LogP contribution in [-0.4, -0.2) is 9.12 Å². The molecule has 0 aliphatic heterocycles. The minimum absolute atomic E-state index is 0.260. The van der Waals surface area contributed by atoms with Gasteiger partial charge in [0.15, 0.2) is 4.90 Å². The van der Waals surface area contributed by atoms with Gasteiger partial charge in [0.05, 0.1) is 11.8 Å². The normalized spacial score (nSPS) is 13.0. The van der Waals surface area contributed by atoms with Crippen molar-refractivity contribution in [2.24, 2.45) is 7.05 Å². The lowest BCUT2D eigenvalue weighted by Crippen LogP contribution is -2.06. The molecule has 0 aliphatic carbocycles. The van der Waals surface area contributed by atoms with E-state index in [0.29, 0.717) is 16.0 Å². The van der Waals surface area contributed by atoms with Crippen molar-refractivity contribution in [1.29, 1.82) is 0 Å². The molecule has 0 saturated heterocycles. The summed E-state index contributed by atoms with van der Waals surface area (Å²) in [5.41, 5.74) is 0.00642. The number of nitrogens with zero attached hydrogens (tertiary/aromatic N) is 1. The van der Waals surface area contributed by atoms with E-state index in [1.807, 2.05) is 0 Å². The van der Waals surface area contributed by atoms with Crippen molar-refractivity contribution in [2.75, 3.05) is 0 Å². The van der Waals surface area contributed by atoms with Crippen LogP contribution in [0.15, 0.2) is 53.5 Å². The van der Waals surface area contributed by atoms with Gasteiger partial charge in [-0.05, 0) is 17.7 Å². The van der Waals surface area contributed by atoms with Gasteiger partial charge in [-0.15, -0.1) is 0 Å². The molecule has 0 aliphatic rings. The second kappa shape index (κ2) is 6.28. The highest BCUT2D eigenvalue weighted by molar-refractivity contribution is 7.94. The lowest BCUT2D eigenvalue weighted by atomic mass is 10.0. The first-order valence-electron chi connectivity index (χ1n) is 6.15. The molecule has 1 aromatic heterocycles. The van der Waals surface area contributed by atoms with Crippen LogP contribution in [0.1, 0.15) is 5.56 Å². The minimum Gasteiger partial charge on any atom is -0.607 e. The van der Waals surface area contributed by atoms with Crippen LogP contribution in [0.2, 0.25) is 0 Å². The second-order valence-electron chi connectivity index (χ2n) is 4.57. The third-order valence-electron chi connectivity index (χ3n) is 2.99. The molecule has 0 spiro atoms. The standard InChI is InChI=1S/C15H12F3NOS2/c1-3-22(20)13-9-19(2)8-12(14(13)21)10-5-4-6-11(7-10)15(16,17)18/h3-9H,1H2,2H3. The highest BCUT2D eigenvalue weighted by Crippen LogP contribution is 2.33. The molecular weight excluding hydrogens is 331 g/mol. The molecule has 2 rings (SSSR count). The zero-order chi connectivity index (χ0) is 16.5. The average Bonchev–Trinajstić information content (AvgIpc) is 2.47. The first-order chi connectivity index (χ1) is 10.2. The molecule has 0 amide bonds. The Balaban J connectivity index is 2.66. The molecule has 7 heteroatoms. The van der Waals surface area contributed by atoms with E-state index in [9.17, 15) is 17.7 Å². The lowest BCUT2D eigenvalue weighted by molar-refractivity contribution is -0.137. The van der Waals surface area contributed by atoms with Crippen molar-refractivity contribution in [2.45, 2.75) is 11.1 Å². The van der Waals surface area contributed by atoms with E-state index in [4.69, 9.17) is 12.2 Å². The largest absolute Gasteiger partial charge is 0.607 e. The summed E-state index contributed by atoms with van der Waals surface area (Å²) in [7, 11) is 1.69. The Kier molecular flexibility index (Phi) is 4.79. The molecule has 0 saturated carbocycles.